The van der Waals surface area contributed by atoms with E-state index >= 15 is 0 Å². The van der Waals surface area contributed by atoms with Crippen LogP contribution in [-0.4, -0.2) is 24.1 Å². The number of rotatable bonds is 5. The van der Waals surface area contributed by atoms with E-state index < -0.39 is 0 Å². The van der Waals surface area contributed by atoms with Gasteiger partial charge in [0.05, 0.1) is 0 Å². The van der Waals surface area contributed by atoms with Gasteiger partial charge in [0.25, 0.3) is 0 Å². The molecular formula is C13H14BrN3OS. The van der Waals surface area contributed by atoms with E-state index in [9.17, 15) is 0 Å². The smallest absolute Gasteiger partial charge is 0.157 e. The third kappa shape index (κ3) is 3.92. The number of methoxy groups -OCH3 is 1. The molecule has 0 atom stereocenters. The number of ether oxygens (including phenoxy) is 1. The summed E-state index contributed by atoms with van der Waals surface area (Å²) >= 11 is 5.12. The predicted octanol–water partition coefficient (Wildman–Crippen LogP) is 3.58. The second-order valence-corrected chi connectivity index (χ2v) is 5.64. The summed E-state index contributed by atoms with van der Waals surface area (Å²) < 4.78 is 6.14. The van der Waals surface area contributed by atoms with Gasteiger partial charge in [0.1, 0.15) is 17.5 Å². The van der Waals surface area contributed by atoms with Crippen LogP contribution in [0.3, 0.4) is 0 Å². The summed E-state index contributed by atoms with van der Waals surface area (Å²) in [6.07, 6.45) is 0. The zero-order valence-corrected chi connectivity index (χ0v) is 13.1. The highest BCUT2D eigenvalue weighted by atomic mass is 79.9. The first-order valence-corrected chi connectivity index (χ1v) is 7.31. The second-order valence-electron chi connectivity index (χ2n) is 3.72. The van der Waals surface area contributed by atoms with E-state index in [1.54, 1.807) is 18.9 Å². The lowest BCUT2D eigenvalue weighted by Gasteiger charge is -2.08. The third-order valence-electron chi connectivity index (χ3n) is 2.33. The molecule has 1 aromatic heterocycles. The molecule has 4 nitrogen and oxygen atoms in total. The standard InChI is InChI=1S/C13H14BrN3OS/c1-15-11-7-13(17-12(16-11)8-18-2)19-10-6-4-3-5-9(10)14/h3-7H,8H2,1-2H3,(H,15,16,17). The van der Waals surface area contributed by atoms with E-state index in [-0.39, 0.29) is 0 Å². The number of nitrogens with one attached hydrogen (secondary N) is 1. The van der Waals surface area contributed by atoms with Crippen LogP contribution >= 0.6 is 27.7 Å². The van der Waals surface area contributed by atoms with Gasteiger partial charge in [-0.15, -0.1) is 0 Å². The van der Waals surface area contributed by atoms with Crippen LogP contribution in [0, 0.1) is 0 Å². The molecule has 0 amide bonds. The Labute approximate surface area is 125 Å². The first-order valence-electron chi connectivity index (χ1n) is 5.70. The molecule has 0 saturated heterocycles. The molecule has 0 spiro atoms. The molecule has 1 aromatic carbocycles. The minimum absolute atomic E-state index is 0.402. The molecule has 0 bridgehead atoms. The summed E-state index contributed by atoms with van der Waals surface area (Å²) in [6, 6.07) is 9.97. The Morgan fingerprint density at radius 1 is 1.32 bits per heavy atom. The number of benzene rings is 1. The summed E-state index contributed by atoms with van der Waals surface area (Å²) in [5.74, 6) is 1.46. The second kappa shape index (κ2) is 6.88. The molecule has 0 aliphatic carbocycles. The highest BCUT2D eigenvalue weighted by Crippen LogP contribution is 2.32. The van der Waals surface area contributed by atoms with Crippen molar-refractivity contribution in [1.82, 2.24) is 9.97 Å². The van der Waals surface area contributed by atoms with Crippen LogP contribution in [0.15, 0.2) is 44.7 Å². The van der Waals surface area contributed by atoms with E-state index in [4.69, 9.17) is 4.74 Å². The minimum atomic E-state index is 0.402. The lowest BCUT2D eigenvalue weighted by Crippen LogP contribution is -2.02. The van der Waals surface area contributed by atoms with Gasteiger partial charge in [-0.05, 0) is 28.1 Å². The lowest BCUT2D eigenvalue weighted by molar-refractivity contribution is 0.177. The average molecular weight is 340 g/mol. The van der Waals surface area contributed by atoms with E-state index in [1.165, 1.54) is 0 Å². The molecule has 0 saturated carbocycles. The zero-order chi connectivity index (χ0) is 13.7. The average Bonchev–Trinajstić information content (AvgIpc) is 2.41. The molecule has 1 N–H and O–H groups in total. The van der Waals surface area contributed by atoms with Crippen LogP contribution in [0.5, 0.6) is 0 Å². The van der Waals surface area contributed by atoms with Crippen LogP contribution in [0.4, 0.5) is 5.82 Å². The topological polar surface area (TPSA) is 47.0 Å². The Morgan fingerprint density at radius 2 is 2.11 bits per heavy atom. The number of hydrogen-bond acceptors (Lipinski definition) is 5. The molecule has 2 rings (SSSR count). The van der Waals surface area contributed by atoms with Gasteiger partial charge in [0.2, 0.25) is 0 Å². The Hall–Kier alpha value is -1.11. The fourth-order valence-electron chi connectivity index (χ4n) is 1.49. The molecule has 0 fully saturated rings. The Morgan fingerprint density at radius 3 is 2.79 bits per heavy atom. The Balaban J connectivity index is 2.29. The molecule has 100 valence electrons. The molecule has 0 aliphatic heterocycles. The summed E-state index contributed by atoms with van der Waals surface area (Å²) in [5, 5.41) is 3.92. The normalized spacial score (nSPS) is 10.5. The third-order valence-corrected chi connectivity index (χ3v) is 4.28. The van der Waals surface area contributed by atoms with Crippen molar-refractivity contribution in [1.29, 1.82) is 0 Å². The van der Waals surface area contributed by atoms with Crippen LogP contribution in [0.2, 0.25) is 0 Å². The Bertz CT molecular complexity index is 565. The SMILES string of the molecule is CNc1cc(Sc2ccccc2Br)nc(COC)n1. The van der Waals surface area contributed by atoms with Gasteiger partial charge >= 0.3 is 0 Å². The van der Waals surface area contributed by atoms with Crippen LogP contribution in [-0.2, 0) is 11.3 Å². The maximum absolute atomic E-state index is 5.09. The van der Waals surface area contributed by atoms with E-state index in [1.807, 2.05) is 37.4 Å². The van der Waals surface area contributed by atoms with Crippen LogP contribution in [0.1, 0.15) is 5.82 Å². The van der Waals surface area contributed by atoms with Gasteiger partial charge < -0.3 is 10.1 Å². The monoisotopic (exact) mass is 339 g/mol. The van der Waals surface area contributed by atoms with Gasteiger partial charge in [-0.1, -0.05) is 23.9 Å². The van der Waals surface area contributed by atoms with Crippen molar-refractivity contribution in [2.24, 2.45) is 0 Å². The van der Waals surface area contributed by atoms with Crippen molar-refractivity contribution in [3.8, 4) is 0 Å². The van der Waals surface area contributed by atoms with Gasteiger partial charge in [0.15, 0.2) is 5.82 Å². The highest BCUT2D eigenvalue weighted by molar-refractivity contribution is 9.10. The predicted molar refractivity (Wildman–Crippen MR) is 80.6 cm³/mol. The lowest BCUT2D eigenvalue weighted by atomic mass is 10.4. The number of nitrogens with zero attached hydrogens (tertiary/aromatic N) is 2. The van der Waals surface area contributed by atoms with E-state index in [0.29, 0.717) is 12.4 Å². The van der Waals surface area contributed by atoms with E-state index in [0.717, 1.165) is 20.2 Å². The van der Waals surface area contributed by atoms with Crippen molar-refractivity contribution in [3.63, 3.8) is 0 Å². The number of aromatic nitrogens is 2. The fraction of sp³-hybridized carbons (Fsp3) is 0.231. The highest BCUT2D eigenvalue weighted by Gasteiger charge is 2.07. The Kier molecular flexibility index (Phi) is 5.18. The zero-order valence-electron chi connectivity index (χ0n) is 10.7. The van der Waals surface area contributed by atoms with Crippen molar-refractivity contribution >= 4 is 33.5 Å². The molecule has 0 radical (unpaired) electrons. The first kappa shape index (κ1) is 14.3. The van der Waals surface area contributed by atoms with Crippen molar-refractivity contribution in [2.75, 3.05) is 19.5 Å². The van der Waals surface area contributed by atoms with E-state index in [2.05, 4.69) is 31.2 Å². The molecule has 19 heavy (non-hydrogen) atoms. The van der Waals surface area contributed by atoms with Gasteiger partial charge in [-0.2, -0.15) is 0 Å². The number of halogens is 1. The number of hydrogen-bond donors (Lipinski definition) is 1. The van der Waals surface area contributed by atoms with Crippen LogP contribution in [0.25, 0.3) is 0 Å². The van der Waals surface area contributed by atoms with Gasteiger partial charge in [-0.3, -0.25) is 0 Å². The molecule has 0 aliphatic rings. The maximum Gasteiger partial charge on any atom is 0.157 e. The quantitative estimate of drug-likeness (QED) is 0.843. The molecule has 6 heteroatoms. The first-order chi connectivity index (χ1) is 9.22. The summed E-state index contributed by atoms with van der Waals surface area (Å²) in [6.45, 7) is 0.402. The fourth-order valence-corrected chi connectivity index (χ4v) is 2.87. The van der Waals surface area contributed by atoms with Crippen molar-refractivity contribution in [2.45, 2.75) is 16.5 Å². The van der Waals surface area contributed by atoms with Crippen molar-refractivity contribution in [3.05, 3.63) is 40.6 Å². The van der Waals surface area contributed by atoms with Crippen LogP contribution < -0.4 is 5.32 Å². The maximum atomic E-state index is 5.09. The minimum Gasteiger partial charge on any atom is -0.377 e. The molecule has 0 unspecified atom stereocenters. The summed E-state index contributed by atoms with van der Waals surface area (Å²) in [4.78, 5) is 9.92. The summed E-state index contributed by atoms with van der Waals surface area (Å²) in [5.41, 5.74) is 0. The molecular weight excluding hydrogens is 326 g/mol. The largest absolute Gasteiger partial charge is 0.377 e. The number of anilines is 1. The van der Waals surface area contributed by atoms with Crippen molar-refractivity contribution < 1.29 is 4.74 Å². The summed E-state index contributed by atoms with van der Waals surface area (Å²) in [7, 11) is 3.47. The van der Waals surface area contributed by atoms with Gasteiger partial charge in [0, 0.05) is 29.6 Å². The molecule has 1 heterocycles. The molecule has 2 aromatic rings. The van der Waals surface area contributed by atoms with Gasteiger partial charge in [-0.25, -0.2) is 9.97 Å².